The van der Waals surface area contributed by atoms with Crippen molar-refractivity contribution in [3.05, 3.63) is 57.3 Å². The van der Waals surface area contributed by atoms with E-state index >= 15 is 0 Å². The Labute approximate surface area is 126 Å². The smallest absolute Gasteiger partial charge is 0.255 e. The molecule has 0 heterocycles. The maximum absolute atomic E-state index is 13.1. The van der Waals surface area contributed by atoms with Gasteiger partial charge in [0.15, 0.2) is 23.2 Å². The first kappa shape index (κ1) is 15.5. The molecule has 1 amide bonds. The molecule has 21 heavy (non-hydrogen) atoms. The lowest BCUT2D eigenvalue weighted by atomic mass is 10.2. The number of halogens is 5. The van der Waals surface area contributed by atoms with Gasteiger partial charge in [-0.2, -0.15) is 0 Å². The summed E-state index contributed by atoms with van der Waals surface area (Å²) in [5.74, 6) is -6.12. The minimum Gasteiger partial charge on any atom is -0.504 e. The Morgan fingerprint density at radius 3 is 2.19 bits per heavy atom. The number of hydrogen-bond acceptors (Lipinski definition) is 2. The normalized spacial score (nSPS) is 10.5. The Kier molecular flexibility index (Phi) is 4.29. The maximum Gasteiger partial charge on any atom is 0.255 e. The van der Waals surface area contributed by atoms with Gasteiger partial charge in [0.2, 0.25) is 0 Å². The van der Waals surface area contributed by atoms with Gasteiger partial charge in [-0.15, -0.1) is 0 Å². The fourth-order valence-corrected chi connectivity index (χ4v) is 2.04. The van der Waals surface area contributed by atoms with E-state index in [4.69, 9.17) is 23.2 Å². The van der Waals surface area contributed by atoms with Gasteiger partial charge < -0.3 is 10.4 Å². The van der Waals surface area contributed by atoms with Gasteiger partial charge in [0, 0.05) is 10.6 Å². The highest BCUT2D eigenvalue weighted by Crippen LogP contribution is 2.35. The summed E-state index contributed by atoms with van der Waals surface area (Å²) >= 11 is 11.4. The Bertz CT molecular complexity index is 715. The van der Waals surface area contributed by atoms with Gasteiger partial charge in [0.05, 0.1) is 10.7 Å². The number of carbonyl (C=O) groups is 1. The molecule has 0 bridgehead atoms. The van der Waals surface area contributed by atoms with E-state index in [0.29, 0.717) is 12.1 Å². The third kappa shape index (κ3) is 3.22. The van der Waals surface area contributed by atoms with Gasteiger partial charge in [-0.1, -0.05) is 23.2 Å². The summed E-state index contributed by atoms with van der Waals surface area (Å²) in [6, 6.07) is 3.48. The van der Waals surface area contributed by atoms with Crippen molar-refractivity contribution in [3.8, 4) is 5.75 Å². The van der Waals surface area contributed by atoms with E-state index in [1.165, 1.54) is 12.1 Å². The standard InChI is InChI=1S/C13H6Cl2F3NO2/c14-6-3-7(15)12(20)10(4-6)19-13(21)5-1-8(16)11(18)9(17)2-5/h1-4,20H,(H,19,21). The van der Waals surface area contributed by atoms with Crippen molar-refractivity contribution in [2.75, 3.05) is 5.32 Å². The minimum atomic E-state index is -1.68. The van der Waals surface area contributed by atoms with Gasteiger partial charge in [-0.25, -0.2) is 13.2 Å². The van der Waals surface area contributed by atoms with Crippen molar-refractivity contribution < 1.29 is 23.1 Å². The SMILES string of the molecule is O=C(Nc1cc(Cl)cc(Cl)c1O)c1cc(F)c(F)c(F)c1. The zero-order chi connectivity index (χ0) is 15.7. The molecule has 0 aromatic heterocycles. The first-order valence-electron chi connectivity index (χ1n) is 5.43. The number of anilines is 1. The molecule has 2 rings (SSSR count). The molecule has 0 unspecified atom stereocenters. The summed E-state index contributed by atoms with van der Waals surface area (Å²) in [7, 11) is 0. The Morgan fingerprint density at radius 2 is 1.62 bits per heavy atom. The average Bonchev–Trinajstić information content (AvgIpc) is 2.40. The zero-order valence-electron chi connectivity index (χ0n) is 10.1. The number of amides is 1. The minimum absolute atomic E-state index is 0.116. The van der Waals surface area contributed by atoms with E-state index in [1.54, 1.807) is 0 Å². The molecule has 2 aromatic rings. The number of hydrogen-bond donors (Lipinski definition) is 2. The Morgan fingerprint density at radius 1 is 1.05 bits per heavy atom. The average molecular weight is 336 g/mol. The predicted octanol–water partition coefficient (Wildman–Crippen LogP) is 4.37. The molecule has 0 atom stereocenters. The van der Waals surface area contributed by atoms with Crippen LogP contribution in [0.5, 0.6) is 5.75 Å². The van der Waals surface area contributed by atoms with Gasteiger partial charge >= 0.3 is 0 Å². The van der Waals surface area contributed by atoms with Crippen molar-refractivity contribution in [2.24, 2.45) is 0 Å². The third-order valence-electron chi connectivity index (χ3n) is 2.52. The van der Waals surface area contributed by atoms with E-state index < -0.39 is 34.7 Å². The van der Waals surface area contributed by atoms with Crippen LogP contribution < -0.4 is 5.32 Å². The topological polar surface area (TPSA) is 49.3 Å². The monoisotopic (exact) mass is 335 g/mol. The molecular formula is C13H6Cl2F3NO2. The number of carbonyl (C=O) groups excluding carboxylic acids is 1. The molecule has 0 aliphatic heterocycles. The van der Waals surface area contributed by atoms with Gasteiger partial charge in [0.25, 0.3) is 5.91 Å². The molecule has 2 N–H and O–H groups in total. The molecule has 110 valence electrons. The lowest BCUT2D eigenvalue weighted by Crippen LogP contribution is -2.13. The van der Waals surface area contributed by atoms with E-state index in [-0.39, 0.29) is 15.7 Å². The number of benzene rings is 2. The Balaban J connectivity index is 2.35. The Hall–Kier alpha value is -1.92. The predicted molar refractivity (Wildman–Crippen MR) is 72.4 cm³/mol. The summed E-state index contributed by atoms with van der Waals surface area (Å²) in [6.07, 6.45) is 0. The second-order valence-corrected chi connectivity index (χ2v) is 4.84. The lowest BCUT2D eigenvalue weighted by molar-refractivity contribution is 0.102. The van der Waals surface area contributed by atoms with Crippen LogP contribution in [-0.2, 0) is 0 Å². The quantitative estimate of drug-likeness (QED) is 0.632. The molecule has 2 aromatic carbocycles. The molecule has 0 aliphatic carbocycles. The van der Waals surface area contributed by atoms with Crippen molar-refractivity contribution >= 4 is 34.8 Å². The van der Waals surface area contributed by atoms with Crippen LogP contribution >= 0.6 is 23.2 Å². The van der Waals surface area contributed by atoms with E-state index in [1.807, 2.05) is 0 Å². The number of rotatable bonds is 2. The molecule has 0 fully saturated rings. The first-order chi connectivity index (χ1) is 9.79. The molecule has 0 saturated heterocycles. The lowest BCUT2D eigenvalue weighted by Gasteiger charge is -2.09. The summed E-state index contributed by atoms with van der Waals surface area (Å²) < 4.78 is 38.9. The van der Waals surface area contributed by atoms with Gasteiger partial charge in [-0.05, 0) is 24.3 Å². The van der Waals surface area contributed by atoms with Crippen molar-refractivity contribution in [1.29, 1.82) is 0 Å². The van der Waals surface area contributed by atoms with Crippen LogP contribution in [0.15, 0.2) is 24.3 Å². The first-order valence-corrected chi connectivity index (χ1v) is 6.19. The van der Waals surface area contributed by atoms with E-state index in [2.05, 4.69) is 5.32 Å². The van der Waals surface area contributed by atoms with Crippen molar-refractivity contribution in [1.82, 2.24) is 0 Å². The van der Waals surface area contributed by atoms with Crippen LogP contribution in [0.2, 0.25) is 10.0 Å². The molecule has 0 radical (unpaired) electrons. The van der Waals surface area contributed by atoms with Crippen LogP contribution in [0.1, 0.15) is 10.4 Å². The second-order valence-electron chi connectivity index (χ2n) is 3.99. The van der Waals surface area contributed by atoms with Crippen LogP contribution in [-0.4, -0.2) is 11.0 Å². The summed E-state index contributed by atoms with van der Waals surface area (Å²) in [6.45, 7) is 0. The molecule has 0 saturated carbocycles. The highest BCUT2D eigenvalue weighted by molar-refractivity contribution is 6.36. The number of nitrogens with one attached hydrogen (secondary N) is 1. The maximum atomic E-state index is 13.1. The second kappa shape index (κ2) is 5.83. The fraction of sp³-hybridized carbons (Fsp3) is 0. The fourth-order valence-electron chi connectivity index (χ4n) is 1.54. The molecule has 8 heteroatoms. The van der Waals surface area contributed by atoms with Crippen LogP contribution in [0.3, 0.4) is 0 Å². The van der Waals surface area contributed by atoms with E-state index in [9.17, 15) is 23.1 Å². The summed E-state index contributed by atoms with van der Waals surface area (Å²) in [4.78, 5) is 11.8. The number of aromatic hydroxyl groups is 1. The largest absolute Gasteiger partial charge is 0.504 e. The van der Waals surface area contributed by atoms with Crippen molar-refractivity contribution in [3.63, 3.8) is 0 Å². The van der Waals surface area contributed by atoms with Gasteiger partial charge in [0.1, 0.15) is 0 Å². The summed E-state index contributed by atoms with van der Waals surface area (Å²) in [5.41, 5.74) is -0.621. The highest BCUT2D eigenvalue weighted by Gasteiger charge is 2.17. The molecule has 3 nitrogen and oxygen atoms in total. The molecule has 0 spiro atoms. The third-order valence-corrected chi connectivity index (χ3v) is 3.03. The molecule has 0 aliphatic rings. The van der Waals surface area contributed by atoms with Crippen LogP contribution in [0.4, 0.5) is 18.9 Å². The van der Waals surface area contributed by atoms with Gasteiger partial charge in [-0.3, -0.25) is 4.79 Å². The van der Waals surface area contributed by atoms with E-state index in [0.717, 1.165) is 0 Å². The van der Waals surface area contributed by atoms with Crippen LogP contribution in [0, 0.1) is 17.5 Å². The zero-order valence-corrected chi connectivity index (χ0v) is 11.6. The molecular weight excluding hydrogens is 330 g/mol. The summed E-state index contributed by atoms with van der Waals surface area (Å²) in [5, 5.41) is 11.8. The van der Waals surface area contributed by atoms with Crippen LogP contribution in [0.25, 0.3) is 0 Å². The number of phenols is 1. The van der Waals surface area contributed by atoms with Crippen molar-refractivity contribution in [2.45, 2.75) is 0 Å². The highest BCUT2D eigenvalue weighted by atomic mass is 35.5. The number of phenolic OH excluding ortho intramolecular Hbond substituents is 1.